The normalized spacial score (nSPS) is 11.4. The van der Waals surface area contributed by atoms with Crippen LogP contribution in [0.5, 0.6) is 0 Å². The van der Waals surface area contributed by atoms with Gasteiger partial charge in [0.2, 0.25) is 0 Å². The van der Waals surface area contributed by atoms with E-state index in [9.17, 15) is 9.90 Å². The summed E-state index contributed by atoms with van der Waals surface area (Å²) in [6.07, 6.45) is 2.70. The van der Waals surface area contributed by atoms with Crippen LogP contribution in [0.2, 0.25) is 0 Å². The molecule has 0 fully saturated rings. The van der Waals surface area contributed by atoms with Gasteiger partial charge >= 0.3 is 5.97 Å². The molecule has 23 heavy (non-hydrogen) atoms. The highest BCUT2D eigenvalue weighted by Crippen LogP contribution is 2.34. The molecule has 122 valence electrons. The van der Waals surface area contributed by atoms with Gasteiger partial charge in [0.05, 0.1) is 5.41 Å². The summed E-state index contributed by atoms with van der Waals surface area (Å²) in [7, 11) is 0. The van der Waals surface area contributed by atoms with Gasteiger partial charge in [-0.3, -0.25) is 4.79 Å². The third-order valence-electron chi connectivity index (χ3n) is 4.51. The van der Waals surface area contributed by atoms with E-state index in [1.807, 2.05) is 13.8 Å². The van der Waals surface area contributed by atoms with Crippen LogP contribution in [0, 0.1) is 19.3 Å². The van der Waals surface area contributed by atoms with Gasteiger partial charge in [0.25, 0.3) is 0 Å². The summed E-state index contributed by atoms with van der Waals surface area (Å²) in [5.74, 6) is -0.694. The molecule has 0 spiro atoms. The Labute approximate surface area is 139 Å². The monoisotopic (exact) mass is 310 g/mol. The van der Waals surface area contributed by atoms with Crippen molar-refractivity contribution in [2.45, 2.75) is 46.5 Å². The third kappa shape index (κ3) is 4.44. The van der Waals surface area contributed by atoms with Crippen LogP contribution in [-0.2, 0) is 17.6 Å². The van der Waals surface area contributed by atoms with Gasteiger partial charge in [-0.1, -0.05) is 73.0 Å². The van der Waals surface area contributed by atoms with Crippen LogP contribution in [0.4, 0.5) is 0 Å². The first-order valence-electron chi connectivity index (χ1n) is 8.30. The molecule has 2 aromatic carbocycles. The summed E-state index contributed by atoms with van der Waals surface area (Å²) < 4.78 is 0. The standard InChI is InChI=1S/C21H26O2/c1-4-13-21(20(22)23,14-18-9-5-16(2)6-10-18)15-19-11-7-17(3)8-12-19/h5-12H,4,13-15H2,1-3H3,(H,22,23). The number of hydrogen-bond donors (Lipinski definition) is 1. The lowest BCUT2D eigenvalue weighted by atomic mass is 9.73. The number of carbonyl (C=O) groups is 1. The Morgan fingerprint density at radius 3 is 1.57 bits per heavy atom. The second-order valence-corrected chi connectivity index (χ2v) is 6.66. The van der Waals surface area contributed by atoms with Crippen LogP contribution < -0.4 is 0 Å². The van der Waals surface area contributed by atoms with Crippen LogP contribution in [0.1, 0.15) is 42.0 Å². The Morgan fingerprint density at radius 2 is 1.26 bits per heavy atom. The first-order valence-corrected chi connectivity index (χ1v) is 8.30. The van der Waals surface area contributed by atoms with Crippen molar-refractivity contribution in [3.05, 3.63) is 70.8 Å². The Kier molecular flexibility index (Phi) is 5.59. The molecule has 2 rings (SSSR count). The predicted octanol–water partition coefficient (Wildman–Crippen LogP) is 4.96. The van der Waals surface area contributed by atoms with E-state index >= 15 is 0 Å². The van der Waals surface area contributed by atoms with Gasteiger partial charge in [0.1, 0.15) is 0 Å². The Bertz CT molecular complexity index is 591. The van der Waals surface area contributed by atoms with E-state index < -0.39 is 11.4 Å². The van der Waals surface area contributed by atoms with Crippen LogP contribution >= 0.6 is 0 Å². The van der Waals surface area contributed by atoms with Gasteiger partial charge in [0.15, 0.2) is 0 Å². The van der Waals surface area contributed by atoms with Gasteiger partial charge in [-0.25, -0.2) is 0 Å². The summed E-state index contributed by atoms with van der Waals surface area (Å²) in [4.78, 5) is 12.2. The Hall–Kier alpha value is -2.09. The number of hydrogen-bond acceptors (Lipinski definition) is 1. The first-order chi connectivity index (χ1) is 10.9. The van der Waals surface area contributed by atoms with E-state index in [1.165, 1.54) is 11.1 Å². The number of aryl methyl sites for hydroxylation is 2. The molecule has 0 amide bonds. The van der Waals surface area contributed by atoms with Crippen molar-refractivity contribution in [2.24, 2.45) is 5.41 Å². The van der Waals surface area contributed by atoms with Gasteiger partial charge in [-0.2, -0.15) is 0 Å². The second kappa shape index (κ2) is 7.45. The molecule has 0 radical (unpaired) electrons. The average Bonchev–Trinajstić information content (AvgIpc) is 2.52. The van der Waals surface area contributed by atoms with Crippen LogP contribution in [0.15, 0.2) is 48.5 Å². The molecule has 2 nitrogen and oxygen atoms in total. The zero-order valence-electron chi connectivity index (χ0n) is 14.3. The summed E-state index contributed by atoms with van der Waals surface area (Å²) in [6.45, 7) is 6.15. The highest BCUT2D eigenvalue weighted by molar-refractivity contribution is 5.75. The molecule has 0 aliphatic heterocycles. The van der Waals surface area contributed by atoms with Crippen LogP contribution in [0.25, 0.3) is 0 Å². The number of benzene rings is 2. The smallest absolute Gasteiger partial charge is 0.310 e. The molecule has 0 atom stereocenters. The zero-order valence-corrected chi connectivity index (χ0v) is 14.3. The fourth-order valence-corrected chi connectivity index (χ4v) is 3.17. The summed E-state index contributed by atoms with van der Waals surface area (Å²) in [5.41, 5.74) is 3.85. The van der Waals surface area contributed by atoms with E-state index in [1.54, 1.807) is 0 Å². The summed E-state index contributed by atoms with van der Waals surface area (Å²) in [6, 6.07) is 16.4. The molecule has 1 N–H and O–H groups in total. The summed E-state index contributed by atoms with van der Waals surface area (Å²) >= 11 is 0. The quantitative estimate of drug-likeness (QED) is 0.785. The molecule has 2 heteroatoms. The van der Waals surface area contributed by atoms with Gasteiger partial charge in [0, 0.05) is 0 Å². The molecule has 0 saturated heterocycles. The maximum absolute atomic E-state index is 12.2. The predicted molar refractivity (Wildman–Crippen MR) is 94.7 cm³/mol. The molecule has 0 unspecified atom stereocenters. The molecule has 0 aliphatic carbocycles. The van der Waals surface area contributed by atoms with Gasteiger partial charge < -0.3 is 5.11 Å². The van der Waals surface area contributed by atoms with E-state index in [4.69, 9.17) is 0 Å². The maximum atomic E-state index is 12.2. The molecular weight excluding hydrogens is 284 g/mol. The topological polar surface area (TPSA) is 37.3 Å². The maximum Gasteiger partial charge on any atom is 0.310 e. The second-order valence-electron chi connectivity index (χ2n) is 6.66. The molecule has 0 aliphatic rings. The molecule has 0 bridgehead atoms. The summed E-state index contributed by atoms with van der Waals surface area (Å²) in [5, 5.41) is 9.99. The van der Waals surface area contributed by atoms with Gasteiger partial charge in [-0.05, 0) is 44.2 Å². The Morgan fingerprint density at radius 1 is 0.870 bits per heavy atom. The largest absolute Gasteiger partial charge is 0.481 e. The van der Waals surface area contributed by atoms with Crippen molar-refractivity contribution >= 4 is 5.97 Å². The van der Waals surface area contributed by atoms with Crippen molar-refractivity contribution in [3.63, 3.8) is 0 Å². The number of carboxylic acids is 1. The number of carboxylic acid groups (broad SMARTS) is 1. The average molecular weight is 310 g/mol. The lowest BCUT2D eigenvalue weighted by Gasteiger charge is -2.30. The zero-order chi connectivity index (χ0) is 16.9. The molecular formula is C21H26O2. The van der Waals surface area contributed by atoms with Crippen molar-refractivity contribution in [3.8, 4) is 0 Å². The van der Waals surface area contributed by atoms with Crippen molar-refractivity contribution < 1.29 is 9.90 Å². The molecule has 0 aromatic heterocycles. The van der Waals surface area contributed by atoms with Crippen LogP contribution in [-0.4, -0.2) is 11.1 Å². The van der Waals surface area contributed by atoms with E-state index in [2.05, 4.69) is 55.5 Å². The third-order valence-corrected chi connectivity index (χ3v) is 4.51. The first kappa shape index (κ1) is 17.3. The van der Waals surface area contributed by atoms with Gasteiger partial charge in [-0.15, -0.1) is 0 Å². The minimum atomic E-state index is -0.737. The van der Waals surface area contributed by atoms with E-state index in [-0.39, 0.29) is 0 Å². The van der Waals surface area contributed by atoms with E-state index in [0.717, 1.165) is 17.5 Å². The fraction of sp³-hybridized carbons (Fsp3) is 0.381. The van der Waals surface area contributed by atoms with Crippen LogP contribution in [0.3, 0.4) is 0 Å². The molecule has 2 aromatic rings. The highest BCUT2D eigenvalue weighted by atomic mass is 16.4. The lowest BCUT2D eigenvalue weighted by Crippen LogP contribution is -2.35. The van der Waals surface area contributed by atoms with E-state index in [0.29, 0.717) is 19.3 Å². The number of rotatable bonds is 7. The molecule has 0 saturated carbocycles. The van der Waals surface area contributed by atoms with Crippen molar-refractivity contribution in [1.82, 2.24) is 0 Å². The van der Waals surface area contributed by atoms with Crippen molar-refractivity contribution in [1.29, 1.82) is 0 Å². The fourth-order valence-electron chi connectivity index (χ4n) is 3.17. The van der Waals surface area contributed by atoms with Crippen molar-refractivity contribution in [2.75, 3.05) is 0 Å². The minimum Gasteiger partial charge on any atom is -0.481 e. The Balaban J connectivity index is 2.32. The minimum absolute atomic E-state index is 0.574. The number of aliphatic carboxylic acids is 1. The SMILES string of the molecule is CCCC(Cc1ccc(C)cc1)(Cc1ccc(C)cc1)C(=O)O. The molecule has 0 heterocycles. The lowest BCUT2D eigenvalue weighted by molar-refractivity contribution is -0.149. The highest BCUT2D eigenvalue weighted by Gasteiger charge is 2.37.